The number of rotatable bonds is 18. The van der Waals surface area contributed by atoms with Crippen molar-refractivity contribution in [2.75, 3.05) is 5.33 Å². The van der Waals surface area contributed by atoms with Gasteiger partial charge in [-0.2, -0.15) is 0 Å². The van der Waals surface area contributed by atoms with Gasteiger partial charge in [0, 0.05) is 5.33 Å². The maximum Gasteiger partial charge on any atom is 0.185 e. The minimum absolute atomic E-state index is 0.400. The fraction of sp³-hybridized carbons (Fsp3) is 0.500. The lowest BCUT2D eigenvalue weighted by molar-refractivity contribution is 0.585. The molecule has 1 aromatic rings. The van der Waals surface area contributed by atoms with Crippen LogP contribution in [-0.4, -0.2) is 19.0 Å². The molecule has 4 heteroatoms. The average molecular weight is 630 g/mol. The van der Waals surface area contributed by atoms with Crippen molar-refractivity contribution in [2.24, 2.45) is 0 Å². The summed E-state index contributed by atoms with van der Waals surface area (Å²) in [7, 11) is -3.48. The lowest BCUT2D eigenvalue weighted by atomic mass is 10.0. The molecule has 0 heterocycles. The molecule has 0 spiro atoms. The average Bonchev–Trinajstić information content (AvgIpc) is 2.89. The molecule has 0 fully saturated rings. The van der Waals surface area contributed by atoms with Crippen LogP contribution in [0.3, 0.4) is 0 Å². The van der Waals surface area contributed by atoms with Gasteiger partial charge in [-0.3, -0.25) is 0 Å². The molecule has 222 valence electrons. The fourth-order valence-corrected chi connectivity index (χ4v) is 6.87. The zero-order valence-corrected chi connectivity index (χ0v) is 28.5. The first-order valence-corrected chi connectivity index (χ1v) is 17.4. The largest absolute Gasteiger partial charge is 0.223 e. The van der Waals surface area contributed by atoms with Gasteiger partial charge in [0.1, 0.15) is 0 Å². The van der Waals surface area contributed by atoms with Crippen molar-refractivity contribution in [2.45, 2.75) is 116 Å². The summed E-state index contributed by atoms with van der Waals surface area (Å²) >= 11 is 3.46. The van der Waals surface area contributed by atoms with Crippen LogP contribution < -0.4 is 0 Å². The van der Waals surface area contributed by atoms with Crippen molar-refractivity contribution in [1.29, 1.82) is 0 Å². The number of hydrogen-bond donors (Lipinski definition) is 0. The Labute approximate surface area is 255 Å². The van der Waals surface area contributed by atoms with E-state index in [2.05, 4.69) is 93.9 Å². The van der Waals surface area contributed by atoms with Crippen LogP contribution in [0.5, 0.6) is 0 Å². The van der Waals surface area contributed by atoms with Crippen molar-refractivity contribution in [1.82, 2.24) is 0 Å². The Morgan fingerprint density at radius 3 is 1.60 bits per heavy atom. The van der Waals surface area contributed by atoms with E-state index in [1.807, 2.05) is 13.0 Å². The first kappa shape index (κ1) is 36.1. The lowest BCUT2D eigenvalue weighted by Gasteiger charge is -2.18. The molecule has 0 aliphatic heterocycles. The van der Waals surface area contributed by atoms with Gasteiger partial charge in [0.25, 0.3) is 0 Å². The topological polar surface area (TPSA) is 34.1 Å². The van der Waals surface area contributed by atoms with Gasteiger partial charge >= 0.3 is 0 Å². The first-order valence-electron chi connectivity index (χ1n) is 14.7. The van der Waals surface area contributed by atoms with Crippen molar-refractivity contribution in [3.63, 3.8) is 0 Å². The second-order valence-corrected chi connectivity index (χ2v) is 14.1. The van der Waals surface area contributed by atoms with Crippen LogP contribution in [0.4, 0.5) is 0 Å². The van der Waals surface area contributed by atoms with E-state index in [0.29, 0.717) is 11.3 Å². The molecule has 0 bridgehead atoms. The van der Waals surface area contributed by atoms with Crippen LogP contribution >= 0.6 is 15.9 Å². The van der Waals surface area contributed by atoms with Crippen LogP contribution in [-0.2, 0) is 9.84 Å². The van der Waals surface area contributed by atoms with E-state index in [-0.39, 0.29) is 0 Å². The standard InChI is InChI=1S/C36H53BrO2S/c1-29(2)15-11-16-30(3)17-12-19-32(5)25-26-36(40(38,39)35-23-9-8-10-24-35)34(7)22-14-21-31(4)18-13-20-33(6)27-28-37/h8-10,15,17-18,22-25,27,36H,11-14,16,19-21,26,28H2,1-7H3/b30-17+,31-18+,32-25+,33-27+,34-22+. The Morgan fingerprint density at radius 1 is 0.650 bits per heavy atom. The second kappa shape index (κ2) is 20.0. The van der Waals surface area contributed by atoms with Crippen molar-refractivity contribution >= 4 is 25.8 Å². The monoisotopic (exact) mass is 628 g/mol. The SMILES string of the molecule is CC(C)=CCC/C(C)=C/CC/C(C)=C/CC(/C(C)=C/CC/C(C)=C/CC/C(C)=C/CBr)S(=O)(=O)c1ccccc1. The normalized spacial score (nSPS) is 14.8. The molecule has 1 atom stereocenters. The van der Waals surface area contributed by atoms with Crippen LogP contribution in [0.2, 0.25) is 0 Å². The summed E-state index contributed by atoms with van der Waals surface area (Å²) in [6.07, 6.45) is 22.0. The highest BCUT2D eigenvalue weighted by atomic mass is 79.9. The Hall–Kier alpha value is -1.91. The van der Waals surface area contributed by atoms with E-state index in [4.69, 9.17) is 0 Å². The van der Waals surface area contributed by atoms with Crippen molar-refractivity contribution in [3.8, 4) is 0 Å². The smallest absolute Gasteiger partial charge is 0.185 e. The number of hydrogen-bond acceptors (Lipinski definition) is 2. The summed E-state index contributed by atoms with van der Waals surface area (Å²) in [5.74, 6) is 0. The van der Waals surface area contributed by atoms with E-state index < -0.39 is 15.1 Å². The van der Waals surface area contributed by atoms with Gasteiger partial charge in [0.2, 0.25) is 0 Å². The first-order chi connectivity index (χ1) is 19.0. The van der Waals surface area contributed by atoms with Gasteiger partial charge in [-0.15, -0.1) is 0 Å². The molecule has 2 nitrogen and oxygen atoms in total. The molecule has 1 unspecified atom stereocenters. The highest BCUT2D eigenvalue weighted by Gasteiger charge is 2.27. The molecule has 0 amide bonds. The summed E-state index contributed by atoms with van der Waals surface area (Å²) in [4.78, 5) is 0.400. The van der Waals surface area contributed by atoms with Crippen LogP contribution in [0.1, 0.15) is 106 Å². The maximum atomic E-state index is 13.7. The lowest BCUT2D eigenvalue weighted by Crippen LogP contribution is -2.22. The van der Waals surface area contributed by atoms with Gasteiger partial charge in [0.15, 0.2) is 9.84 Å². The molecule has 0 aliphatic rings. The minimum atomic E-state index is -3.48. The molecule has 1 aromatic carbocycles. The van der Waals surface area contributed by atoms with Gasteiger partial charge < -0.3 is 0 Å². The van der Waals surface area contributed by atoms with E-state index in [9.17, 15) is 8.42 Å². The van der Waals surface area contributed by atoms with E-state index >= 15 is 0 Å². The molecule has 0 aromatic heterocycles. The molecule has 0 saturated heterocycles. The van der Waals surface area contributed by atoms with Gasteiger partial charge in [-0.25, -0.2) is 8.42 Å². The Kier molecular flexibility index (Phi) is 18.1. The molecule has 40 heavy (non-hydrogen) atoms. The number of alkyl halides is 1. The van der Waals surface area contributed by atoms with Gasteiger partial charge in [0.05, 0.1) is 10.1 Å². The maximum absolute atomic E-state index is 13.7. The summed E-state index contributed by atoms with van der Waals surface area (Å²) < 4.78 is 27.4. The van der Waals surface area contributed by atoms with E-state index in [1.165, 1.54) is 27.9 Å². The molecule has 0 aliphatic carbocycles. The molecular formula is C36H53BrO2S. The molecule has 1 rings (SSSR count). The Morgan fingerprint density at radius 2 is 1.10 bits per heavy atom. The number of halogens is 1. The quantitative estimate of drug-likeness (QED) is 0.120. The van der Waals surface area contributed by atoms with Crippen LogP contribution in [0.25, 0.3) is 0 Å². The van der Waals surface area contributed by atoms with Crippen LogP contribution in [0.15, 0.2) is 105 Å². The summed E-state index contributed by atoms with van der Waals surface area (Å²) in [6.45, 7) is 14.9. The molecule has 0 saturated carbocycles. The fourth-order valence-electron chi connectivity index (χ4n) is 4.52. The Bertz CT molecular complexity index is 1170. The van der Waals surface area contributed by atoms with Crippen LogP contribution in [0, 0.1) is 0 Å². The van der Waals surface area contributed by atoms with Crippen molar-refractivity contribution < 1.29 is 8.42 Å². The number of benzene rings is 1. The predicted octanol–water partition coefficient (Wildman–Crippen LogP) is 11.4. The van der Waals surface area contributed by atoms with E-state index in [0.717, 1.165) is 62.3 Å². The van der Waals surface area contributed by atoms with Gasteiger partial charge in [-0.1, -0.05) is 104 Å². The second-order valence-electron chi connectivity index (χ2n) is 11.3. The zero-order valence-electron chi connectivity index (χ0n) is 26.1. The molecular weight excluding hydrogens is 576 g/mol. The highest BCUT2D eigenvalue weighted by molar-refractivity contribution is 9.09. The third-order valence-electron chi connectivity index (χ3n) is 7.22. The minimum Gasteiger partial charge on any atom is -0.223 e. The summed E-state index contributed by atoms with van der Waals surface area (Å²) in [5.41, 5.74) is 7.73. The third-order valence-corrected chi connectivity index (χ3v) is 9.79. The zero-order chi connectivity index (χ0) is 30.0. The van der Waals surface area contributed by atoms with Crippen molar-refractivity contribution in [3.05, 3.63) is 100 Å². The number of sulfone groups is 1. The molecule has 0 N–H and O–H groups in total. The molecule has 0 radical (unpaired) electrons. The van der Waals surface area contributed by atoms with Gasteiger partial charge in [-0.05, 0) is 118 Å². The predicted molar refractivity (Wildman–Crippen MR) is 181 cm³/mol. The summed E-state index contributed by atoms with van der Waals surface area (Å²) in [5, 5.41) is 0.355. The summed E-state index contributed by atoms with van der Waals surface area (Å²) in [6, 6.07) is 8.91. The Balaban J connectivity index is 2.92. The highest BCUT2D eigenvalue weighted by Crippen LogP contribution is 2.26. The number of allylic oxidation sites excluding steroid dienone is 11. The van der Waals surface area contributed by atoms with E-state index in [1.54, 1.807) is 24.3 Å². The third kappa shape index (κ3) is 15.2.